The molecule has 1 heterocycles. The monoisotopic (exact) mass is 362 g/mol. The van der Waals surface area contributed by atoms with Crippen LogP contribution in [0.5, 0.6) is 0 Å². The summed E-state index contributed by atoms with van der Waals surface area (Å²) >= 11 is 0. The Labute approximate surface area is 164 Å². The highest BCUT2D eigenvalue weighted by Crippen LogP contribution is 2.38. The molecule has 0 radical (unpaired) electrons. The fourth-order valence-electron chi connectivity index (χ4n) is 3.69. The quantitative estimate of drug-likeness (QED) is 0.291. The second-order valence-electron chi connectivity index (χ2n) is 7.24. The summed E-state index contributed by atoms with van der Waals surface area (Å²) < 4.78 is 0. The van der Waals surface area contributed by atoms with E-state index in [4.69, 9.17) is 5.10 Å². The van der Waals surface area contributed by atoms with Gasteiger partial charge in [0.1, 0.15) is 14.0 Å². The highest BCUT2D eigenvalue weighted by molar-refractivity contribution is 6.08. The van der Waals surface area contributed by atoms with E-state index in [0.29, 0.717) is 0 Å². The predicted octanol–water partition coefficient (Wildman–Crippen LogP) is 4.00. The van der Waals surface area contributed by atoms with Crippen LogP contribution < -0.4 is 14.8 Å². The van der Waals surface area contributed by atoms with Crippen molar-refractivity contribution in [2.24, 2.45) is 5.10 Å². The Balaban J connectivity index is 1.72. The molecule has 1 unspecified atom stereocenters. The highest BCUT2D eigenvalue weighted by atomic mass is 15.5. The van der Waals surface area contributed by atoms with E-state index in [1.165, 1.54) is 43.4 Å². The molecule has 4 nitrogen and oxygen atoms in total. The first kappa shape index (κ1) is 19.3. The number of fused-ring (bicyclic) bond motifs is 1. The van der Waals surface area contributed by atoms with E-state index < -0.39 is 0 Å². The van der Waals surface area contributed by atoms with Crippen LogP contribution in [0.1, 0.15) is 25.7 Å². The molecule has 3 rings (SSSR count). The predicted molar refractivity (Wildman–Crippen MR) is 121 cm³/mol. The van der Waals surface area contributed by atoms with Gasteiger partial charge in [-0.15, -0.1) is 0 Å². The molecule has 27 heavy (non-hydrogen) atoms. The molecule has 1 aliphatic rings. The average Bonchev–Trinajstić information content (AvgIpc) is 2.98. The Hall–Kier alpha value is -2.43. The van der Waals surface area contributed by atoms with Gasteiger partial charge in [-0.1, -0.05) is 55.9 Å². The maximum atomic E-state index is 4.74. The molecule has 2 aromatic rings. The van der Waals surface area contributed by atoms with Crippen LogP contribution in [0.4, 0.5) is 17.1 Å². The first-order valence-corrected chi connectivity index (χ1v) is 10.1. The van der Waals surface area contributed by atoms with Crippen LogP contribution in [-0.2, 0) is 0 Å². The molecule has 0 saturated heterocycles. The Morgan fingerprint density at radius 2 is 1.63 bits per heavy atom. The van der Waals surface area contributed by atoms with Gasteiger partial charge in [0.25, 0.3) is 0 Å². The maximum Gasteiger partial charge on any atom is 0.140 e. The van der Waals surface area contributed by atoms with E-state index >= 15 is 0 Å². The zero-order valence-electron chi connectivity index (χ0n) is 16.9. The van der Waals surface area contributed by atoms with Gasteiger partial charge in [0.2, 0.25) is 0 Å². The van der Waals surface area contributed by atoms with Crippen LogP contribution in [0.3, 0.4) is 0 Å². The van der Waals surface area contributed by atoms with Gasteiger partial charge < -0.3 is 9.80 Å². The number of nitrogens with zero attached hydrogens (tertiary/aromatic N) is 4. The Morgan fingerprint density at radius 3 is 2.37 bits per heavy atom. The SMILES string of the molecule is BCCCCCCN1c2ccccc2N(C)C1/C=N/N(C)c1ccccc1. The van der Waals surface area contributed by atoms with E-state index in [9.17, 15) is 0 Å². The van der Waals surface area contributed by atoms with Crippen LogP contribution in [0.15, 0.2) is 59.7 Å². The Kier molecular flexibility index (Phi) is 6.80. The lowest BCUT2D eigenvalue weighted by Gasteiger charge is -2.28. The first-order chi connectivity index (χ1) is 13.2. The van der Waals surface area contributed by atoms with Gasteiger partial charge in [0, 0.05) is 20.6 Å². The zero-order chi connectivity index (χ0) is 19.1. The molecular formula is C22H31BN4. The van der Waals surface area contributed by atoms with Crippen molar-refractivity contribution in [2.45, 2.75) is 38.2 Å². The average molecular weight is 362 g/mol. The minimum Gasteiger partial charge on any atom is -0.348 e. The molecule has 0 N–H and O–H groups in total. The van der Waals surface area contributed by atoms with E-state index in [0.717, 1.165) is 12.2 Å². The number of hydrazone groups is 1. The number of hydrogen-bond acceptors (Lipinski definition) is 4. The molecule has 1 atom stereocenters. The maximum absolute atomic E-state index is 4.74. The highest BCUT2D eigenvalue weighted by Gasteiger charge is 2.31. The largest absolute Gasteiger partial charge is 0.348 e. The molecular weight excluding hydrogens is 331 g/mol. The van der Waals surface area contributed by atoms with E-state index in [2.05, 4.69) is 67.3 Å². The summed E-state index contributed by atoms with van der Waals surface area (Å²) in [7, 11) is 6.43. The van der Waals surface area contributed by atoms with E-state index in [1.54, 1.807) is 0 Å². The van der Waals surface area contributed by atoms with Crippen LogP contribution in [-0.4, -0.2) is 40.9 Å². The van der Waals surface area contributed by atoms with Crippen molar-refractivity contribution in [1.82, 2.24) is 0 Å². The molecule has 0 aliphatic carbocycles. The molecule has 0 fully saturated rings. The van der Waals surface area contributed by atoms with Crippen molar-refractivity contribution in [3.8, 4) is 0 Å². The van der Waals surface area contributed by atoms with Gasteiger partial charge in [-0.05, 0) is 30.7 Å². The number of rotatable bonds is 9. The minimum atomic E-state index is 0.153. The summed E-state index contributed by atoms with van der Waals surface area (Å²) in [6.45, 7) is 1.07. The number of hydrogen-bond donors (Lipinski definition) is 0. The van der Waals surface area contributed by atoms with E-state index in [1.807, 2.05) is 30.3 Å². The van der Waals surface area contributed by atoms with Crippen molar-refractivity contribution < 1.29 is 0 Å². The summed E-state index contributed by atoms with van der Waals surface area (Å²) in [4.78, 5) is 4.81. The van der Waals surface area contributed by atoms with Gasteiger partial charge in [-0.25, -0.2) is 0 Å². The summed E-state index contributed by atoms with van der Waals surface area (Å²) in [5.74, 6) is 0. The zero-order valence-corrected chi connectivity index (χ0v) is 16.9. The molecule has 5 heteroatoms. The van der Waals surface area contributed by atoms with Crippen LogP contribution in [0, 0.1) is 0 Å². The summed E-state index contributed by atoms with van der Waals surface area (Å²) in [6.07, 6.45) is 8.70. The lowest BCUT2D eigenvalue weighted by molar-refractivity contribution is 0.633. The first-order valence-electron chi connectivity index (χ1n) is 10.1. The van der Waals surface area contributed by atoms with Gasteiger partial charge >= 0.3 is 0 Å². The molecule has 1 aliphatic heterocycles. The summed E-state index contributed by atoms with van der Waals surface area (Å²) in [5, 5.41) is 6.68. The topological polar surface area (TPSA) is 22.1 Å². The minimum absolute atomic E-state index is 0.153. The number of para-hydroxylation sites is 3. The Bertz CT molecular complexity index is 734. The van der Waals surface area contributed by atoms with Crippen molar-refractivity contribution >= 4 is 31.1 Å². The third kappa shape index (κ3) is 4.65. The molecule has 0 amide bonds. The smallest absolute Gasteiger partial charge is 0.140 e. The molecule has 0 bridgehead atoms. The fourth-order valence-corrected chi connectivity index (χ4v) is 3.69. The fraction of sp³-hybridized carbons (Fsp3) is 0.409. The third-order valence-corrected chi connectivity index (χ3v) is 5.29. The number of benzene rings is 2. The molecule has 2 aromatic carbocycles. The van der Waals surface area contributed by atoms with Crippen molar-refractivity contribution in [3.63, 3.8) is 0 Å². The number of anilines is 3. The van der Waals surface area contributed by atoms with Crippen molar-refractivity contribution in [2.75, 3.05) is 35.4 Å². The third-order valence-electron chi connectivity index (χ3n) is 5.29. The molecule has 142 valence electrons. The van der Waals surface area contributed by atoms with Crippen LogP contribution in [0.25, 0.3) is 0 Å². The van der Waals surface area contributed by atoms with Crippen molar-refractivity contribution in [1.29, 1.82) is 0 Å². The van der Waals surface area contributed by atoms with Crippen molar-refractivity contribution in [3.05, 3.63) is 54.6 Å². The van der Waals surface area contributed by atoms with Gasteiger partial charge in [-0.3, -0.25) is 5.01 Å². The normalized spacial score (nSPS) is 16.1. The molecule has 0 aromatic heterocycles. The van der Waals surface area contributed by atoms with Crippen LogP contribution >= 0.6 is 0 Å². The molecule has 0 saturated carbocycles. The lowest BCUT2D eigenvalue weighted by atomic mass is 9.99. The second-order valence-corrected chi connectivity index (χ2v) is 7.24. The van der Waals surface area contributed by atoms with Gasteiger partial charge in [-0.2, -0.15) is 5.10 Å². The van der Waals surface area contributed by atoms with Gasteiger partial charge in [0.05, 0.1) is 23.3 Å². The van der Waals surface area contributed by atoms with Gasteiger partial charge in [0.15, 0.2) is 0 Å². The summed E-state index contributed by atoms with van der Waals surface area (Å²) in [6, 6.07) is 19.0. The molecule has 0 spiro atoms. The van der Waals surface area contributed by atoms with E-state index in [-0.39, 0.29) is 6.17 Å². The summed E-state index contributed by atoms with van der Waals surface area (Å²) in [5.41, 5.74) is 3.69. The number of unbranched alkanes of at least 4 members (excludes halogenated alkanes) is 3. The Morgan fingerprint density at radius 1 is 0.963 bits per heavy atom. The lowest BCUT2D eigenvalue weighted by Crippen LogP contribution is -2.43. The standard InChI is InChI=1S/C22H31BN4/c1-25-20-14-8-9-15-21(20)27(17-11-4-3-10-16-23)22(25)18-24-26(2)19-12-6-5-7-13-19/h5-9,12-15,18,22H,3-4,10-11,16-17,23H2,1-2H3/b24-18+. The van der Waals surface area contributed by atoms with Crippen LogP contribution in [0.2, 0.25) is 6.32 Å². The second kappa shape index (κ2) is 9.49.